The van der Waals surface area contributed by atoms with Gasteiger partial charge in [0, 0.05) is 28.7 Å². The number of amides is 2. The van der Waals surface area contributed by atoms with Crippen LogP contribution in [0, 0.1) is 0 Å². The second-order valence-electron chi connectivity index (χ2n) is 6.30. The van der Waals surface area contributed by atoms with Gasteiger partial charge in [-0.05, 0) is 18.8 Å². The fourth-order valence-electron chi connectivity index (χ4n) is 2.86. The topological polar surface area (TPSA) is 84.2 Å². The maximum Gasteiger partial charge on any atom is 0.315 e. The number of aromatic nitrogens is 1. The van der Waals surface area contributed by atoms with E-state index < -0.39 is 10.8 Å². The minimum absolute atomic E-state index is 0.00881. The molecule has 1 heterocycles. The van der Waals surface area contributed by atoms with Crippen molar-refractivity contribution in [2.75, 3.05) is 5.75 Å². The first-order valence-corrected chi connectivity index (χ1v) is 9.76. The van der Waals surface area contributed by atoms with Crippen molar-refractivity contribution in [3.05, 3.63) is 17.5 Å². The highest BCUT2D eigenvalue weighted by atomic mass is 32.2. The third kappa shape index (κ3) is 5.06. The van der Waals surface area contributed by atoms with Crippen molar-refractivity contribution in [2.24, 2.45) is 0 Å². The highest BCUT2D eigenvalue weighted by Crippen LogP contribution is 2.23. The molecule has 2 rings (SSSR count). The monoisotopic (exact) mass is 341 g/mol. The van der Waals surface area contributed by atoms with E-state index in [-0.39, 0.29) is 17.3 Å². The summed E-state index contributed by atoms with van der Waals surface area (Å²) in [5.41, 5.74) is 0.882. The van der Waals surface area contributed by atoms with Gasteiger partial charge in [0.15, 0.2) is 5.76 Å². The standard InChI is InChI=1S/C16H27N3O3S/c1-4-23(21)15-8-6-5-7-13(15)18-16(20)17-10-12-9-14(11(2)3)19-22-12/h9,11,13,15H,4-8,10H2,1-3H3,(H2,17,18,20). The molecular weight excluding hydrogens is 314 g/mol. The van der Waals surface area contributed by atoms with E-state index in [0.717, 1.165) is 31.4 Å². The zero-order valence-electron chi connectivity index (χ0n) is 14.1. The molecule has 0 aromatic carbocycles. The molecule has 2 amide bonds. The van der Waals surface area contributed by atoms with Gasteiger partial charge in [0.25, 0.3) is 0 Å². The maximum absolute atomic E-state index is 12.1. The highest BCUT2D eigenvalue weighted by Gasteiger charge is 2.30. The quantitative estimate of drug-likeness (QED) is 0.833. The van der Waals surface area contributed by atoms with E-state index >= 15 is 0 Å². The lowest BCUT2D eigenvalue weighted by molar-refractivity contribution is 0.231. The summed E-state index contributed by atoms with van der Waals surface area (Å²) < 4.78 is 17.3. The number of hydrogen-bond donors (Lipinski definition) is 2. The average Bonchev–Trinajstić information content (AvgIpc) is 3.02. The van der Waals surface area contributed by atoms with E-state index in [4.69, 9.17) is 4.52 Å². The van der Waals surface area contributed by atoms with Gasteiger partial charge in [-0.25, -0.2) is 4.79 Å². The van der Waals surface area contributed by atoms with E-state index in [1.54, 1.807) is 0 Å². The Morgan fingerprint density at radius 2 is 2.17 bits per heavy atom. The number of nitrogens with one attached hydrogen (secondary N) is 2. The third-order valence-corrected chi connectivity index (χ3v) is 6.04. The molecule has 0 spiro atoms. The minimum Gasteiger partial charge on any atom is -0.359 e. The number of carbonyl (C=O) groups is 1. The summed E-state index contributed by atoms with van der Waals surface area (Å²) in [4.78, 5) is 12.1. The van der Waals surface area contributed by atoms with E-state index in [2.05, 4.69) is 15.8 Å². The Bertz CT molecular complexity index is 544. The SMILES string of the molecule is CCS(=O)C1CCCCC1NC(=O)NCc1cc(C(C)C)no1. The first kappa shape index (κ1) is 18.0. The molecule has 1 saturated carbocycles. The molecule has 0 aliphatic heterocycles. The molecule has 1 aromatic rings. The van der Waals surface area contributed by atoms with Gasteiger partial charge in [-0.2, -0.15) is 0 Å². The predicted molar refractivity (Wildman–Crippen MR) is 90.7 cm³/mol. The second-order valence-corrected chi connectivity index (χ2v) is 8.24. The van der Waals surface area contributed by atoms with Gasteiger partial charge in [0.05, 0.1) is 17.5 Å². The Hall–Kier alpha value is -1.37. The van der Waals surface area contributed by atoms with Crippen LogP contribution in [0.5, 0.6) is 0 Å². The van der Waals surface area contributed by atoms with Crippen molar-refractivity contribution >= 4 is 16.8 Å². The molecule has 3 unspecified atom stereocenters. The Balaban J connectivity index is 1.84. The van der Waals surface area contributed by atoms with Crippen LogP contribution in [0.1, 0.15) is 63.8 Å². The smallest absolute Gasteiger partial charge is 0.315 e. The van der Waals surface area contributed by atoms with Gasteiger partial charge in [-0.3, -0.25) is 4.21 Å². The summed E-state index contributed by atoms with van der Waals surface area (Å²) in [7, 11) is -0.873. The fraction of sp³-hybridized carbons (Fsp3) is 0.750. The highest BCUT2D eigenvalue weighted by molar-refractivity contribution is 7.85. The maximum atomic E-state index is 12.1. The van der Waals surface area contributed by atoms with E-state index in [9.17, 15) is 9.00 Å². The van der Waals surface area contributed by atoms with Crippen LogP contribution in [0.2, 0.25) is 0 Å². The lowest BCUT2D eigenvalue weighted by Crippen LogP contribution is -2.50. The molecule has 2 N–H and O–H groups in total. The molecule has 1 fully saturated rings. The number of urea groups is 1. The number of hydrogen-bond acceptors (Lipinski definition) is 4. The average molecular weight is 341 g/mol. The Kier molecular flexibility index (Phi) is 6.62. The lowest BCUT2D eigenvalue weighted by atomic mass is 9.95. The van der Waals surface area contributed by atoms with Gasteiger partial charge in [0.1, 0.15) is 0 Å². The normalized spacial score (nSPS) is 22.8. The van der Waals surface area contributed by atoms with Gasteiger partial charge in [-0.15, -0.1) is 0 Å². The van der Waals surface area contributed by atoms with Crippen molar-refractivity contribution in [3.63, 3.8) is 0 Å². The third-order valence-electron chi connectivity index (χ3n) is 4.23. The van der Waals surface area contributed by atoms with Gasteiger partial charge in [0.2, 0.25) is 0 Å². The summed E-state index contributed by atoms with van der Waals surface area (Å²) >= 11 is 0. The summed E-state index contributed by atoms with van der Waals surface area (Å²) in [6, 6.07) is 1.61. The largest absolute Gasteiger partial charge is 0.359 e. The predicted octanol–water partition coefficient (Wildman–Crippen LogP) is 2.68. The number of carbonyl (C=O) groups excluding carboxylic acids is 1. The Morgan fingerprint density at radius 3 is 2.83 bits per heavy atom. The molecule has 23 heavy (non-hydrogen) atoms. The van der Waals surface area contributed by atoms with Gasteiger partial charge < -0.3 is 15.2 Å². The van der Waals surface area contributed by atoms with Crippen LogP contribution >= 0.6 is 0 Å². The summed E-state index contributed by atoms with van der Waals surface area (Å²) in [6.07, 6.45) is 3.98. The minimum atomic E-state index is -0.873. The fourth-order valence-corrected chi connectivity index (χ4v) is 4.29. The van der Waals surface area contributed by atoms with Crippen molar-refractivity contribution in [1.82, 2.24) is 15.8 Å². The molecular formula is C16H27N3O3S. The van der Waals surface area contributed by atoms with E-state index in [1.807, 2.05) is 26.8 Å². The van der Waals surface area contributed by atoms with Crippen LogP contribution in [-0.4, -0.2) is 32.4 Å². The molecule has 3 atom stereocenters. The summed E-state index contributed by atoms with van der Waals surface area (Å²) in [5.74, 6) is 1.58. The van der Waals surface area contributed by atoms with Crippen LogP contribution in [0.3, 0.4) is 0 Å². The summed E-state index contributed by atoms with van der Waals surface area (Å²) in [5, 5.41) is 9.81. The summed E-state index contributed by atoms with van der Waals surface area (Å²) in [6.45, 7) is 6.32. The van der Waals surface area contributed by atoms with Crippen molar-refractivity contribution in [3.8, 4) is 0 Å². The molecule has 1 aliphatic rings. The number of rotatable bonds is 6. The number of nitrogens with zero attached hydrogens (tertiary/aromatic N) is 1. The van der Waals surface area contributed by atoms with Gasteiger partial charge in [-0.1, -0.05) is 38.8 Å². The van der Waals surface area contributed by atoms with Crippen LogP contribution in [-0.2, 0) is 17.3 Å². The van der Waals surface area contributed by atoms with Crippen molar-refractivity contribution in [1.29, 1.82) is 0 Å². The lowest BCUT2D eigenvalue weighted by Gasteiger charge is -2.31. The van der Waals surface area contributed by atoms with Crippen molar-refractivity contribution < 1.29 is 13.5 Å². The van der Waals surface area contributed by atoms with E-state index in [0.29, 0.717) is 24.0 Å². The molecule has 1 aliphatic carbocycles. The first-order valence-electron chi connectivity index (χ1n) is 8.38. The second kappa shape index (κ2) is 8.47. The zero-order chi connectivity index (χ0) is 16.8. The molecule has 130 valence electrons. The molecule has 0 bridgehead atoms. The molecule has 1 aromatic heterocycles. The molecule has 6 nitrogen and oxygen atoms in total. The van der Waals surface area contributed by atoms with Crippen LogP contribution in [0.25, 0.3) is 0 Å². The van der Waals surface area contributed by atoms with Crippen LogP contribution < -0.4 is 10.6 Å². The first-order chi connectivity index (χ1) is 11.0. The zero-order valence-corrected chi connectivity index (χ0v) is 14.9. The molecule has 0 saturated heterocycles. The van der Waals surface area contributed by atoms with Crippen LogP contribution in [0.4, 0.5) is 4.79 Å². The van der Waals surface area contributed by atoms with Crippen LogP contribution in [0.15, 0.2) is 10.6 Å². The van der Waals surface area contributed by atoms with Crippen molar-refractivity contribution in [2.45, 2.75) is 70.2 Å². The Morgan fingerprint density at radius 1 is 1.43 bits per heavy atom. The molecule has 7 heteroatoms. The Labute approximate surface area is 140 Å². The molecule has 0 radical (unpaired) electrons. The van der Waals surface area contributed by atoms with Gasteiger partial charge >= 0.3 is 6.03 Å². The van der Waals surface area contributed by atoms with E-state index in [1.165, 1.54) is 0 Å².